The maximum Gasteiger partial charge on any atom is 0.326 e. The van der Waals surface area contributed by atoms with E-state index >= 15 is 0 Å². The lowest BCUT2D eigenvalue weighted by Crippen LogP contribution is -2.41. The molecule has 104 valence electrons. The molecule has 5 heteroatoms. The molecule has 0 aliphatic rings. The number of carbonyl (C=O) groups excluding carboxylic acids is 1. The predicted octanol–water partition coefficient (Wildman–Crippen LogP) is 1.68. The molecule has 20 heavy (non-hydrogen) atoms. The SMILES string of the molecule is CC(=O)N[C@H](Cc1ccc2nc(C)ccc2c1)C(=O)O. The van der Waals surface area contributed by atoms with Crippen molar-refractivity contribution in [2.75, 3.05) is 0 Å². The number of carbonyl (C=O) groups is 2. The monoisotopic (exact) mass is 272 g/mol. The lowest BCUT2D eigenvalue weighted by atomic mass is 10.0. The lowest BCUT2D eigenvalue weighted by Gasteiger charge is -2.13. The first-order valence-electron chi connectivity index (χ1n) is 6.32. The Bertz CT molecular complexity index is 667. The molecule has 1 aromatic carbocycles. The quantitative estimate of drug-likeness (QED) is 0.887. The van der Waals surface area contributed by atoms with Crippen LogP contribution in [0.2, 0.25) is 0 Å². The van der Waals surface area contributed by atoms with Crippen LogP contribution >= 0.6 is 0 Å². The number of aryl methyl sites for hydroxylation is 1. The van der Waals surface area contributed by atoms with Crippen molar-refractivity contribution >= 4 is 22.8 Å². The summed E-state index contributed by atoms with van der Waals surface area (Å²) in [5.74, 6) is -1.39. The number of carboxylic acids is 1. The van der Waals surface area contributed by atoms with Crippen LogP contribution in [-0.2, 0) is 16.0 Å². The highest BCUT2D eigenvalue weighted by Gasteiger charge is 2.18. The van der Waals surface area contributed by atoms with Gasteiger partial charge in [-0.25, -0.2) is 4.79 Å². The highest BCUT2D eigenvalue weighted by molar-refractivity contribution is 5.83. The zero-order valence-electron chi connectivity index (χ0n) is 11.4. The van der Waals surface area contributed by atoms with Gasteiger partial charge >= 0.3 is 5.97 Å². The number of aliphatic carboxylic acids is 1. The third-order valence-corrected chi connectivity index (χ3v) is 3.01. The van der Waals surface area contributed by atoms with Crippen molar-refractivity contribution < 1.29 is 14.7 Å². The van der Waals surface area contributed by atoms with E-state index in [0.717, 1.165) is 22.2 Å². The van der Waals surface area contributed by atoms with Crippen molar-refractivity contribution in [2.24, 2.45) is 0 Å². The van der Waals surface area contributed by atoms with Crippen molar-refractivity contribution in [3.05, 3.63) is 41.6 Å². The second-order valence-electron chi connectivity index (χ2n) is 4.78. The van der Waals surface area contributed by atoms with Crippen molar-refractivity contribution in [2.45, 2.75) is 26.3 Å². The number of hydrogen-bond donors (Lipinski definition) is 2. The van der Waals surface area contributed by atoms with Crippen molar-refractivity contribution in [1.29, 1.82) is 0 Å². The van der Waals surface area contributed by atoms with E-state index in [4.69, 9.17) is 5.11 Å². The van der Waals surface area contributed by atoms with E-state index in [9.17, 15) is 9.59 Å². The van der Waals surface area contributed by atoms with Gasteiger partial charge in [0.05, 0.1) is 5.52 Å². The van der Waals surface area contributed by atoms with Crippen LogP contribution in [0.1, 0.15) is 18.2 Å². The van der Waals surface area contributed by atoms with Crippen molar-refractivity contribution in [1.82, 2.24) is 10.3 Å². The number of benzene rings is 1. The molecular weight excluding hydrogens is 256 g/mol. The third-order valence-electron chi connectivity index (χ3n) is 3.01. The molecule has 2 rings (SSSR count). The van der Waals surface area contributed by atoms with Crippen LogP contribution < -0.4 is 5.32 Å². The second-order valence-corrected chi connectivity index (χ2v) is 4.78. The van der Waals surface area contributed by atoms with E-state index < -0.39 is 12.0 Å². The Morgan fingerprint density at radius 3 is 2.70 bits per heavy atom. The summed E-state index contributed by atoms with van der Waals surface area (Å²) in [7, 11) is 0. The van der Waals surface area contributed by atoms with E-state index in [0.29, 0.717) is 0 Å². The first-order valence-corrected chi connectivity index (χ1v) is 6.32. The molecule has 5 nitrogen and oxygen atoms in total. The van der Waals surface area contributed by atoms with Gasteiger partial charge in [0.2, 0.25) is 5.91 Å². The molecule has 0 aliphatic heterocycles. The minimum absolute atomic E-state index is 0.249. The van der Waals surface area contributed by atoms with E-state index in [1.54, 1.807) is 0 Å². The molecule has 0 radical (unpaired) electrons. The number of nitrogens with one attached hydrogen (secondary N) is 1. The fourth-order valence-corrected chi connectivity index (χ4v) is 2.09. The maximum atomic E-state index is 11.1. The average Bonchev–Trinajstić information content (AvgIpc) is 2.37. The Labute approximate surface area is 116 Å². The van der Waals surface area contributed by atoms with E-state index in [-0.39, 0.29) is 12.3 Å². The number of amides is 1. The largest absolute Gasteiger partial charge is 0.480 e. The summed E-state index contributed by atoms with van der Waals surface area (Å²) >= 11 is 0. The maximum absolute atomic E-state index is 11.1. The minimum atomic E-state index is -1.04. The Morgan fingerprint density at radius 2 is 2.05 bits per heavy atom. The summed E-state index contributed by atoms with van der Waals surface area (Å²) < 4.78 is 0. The van der Waals surface area contributed by atoms with Gasteiger partial charge < -0.3 is 10.4 Å². The smallest absolute Gasteiger partial charge is 0.326 e. The summed E-state index contributed by atoms with van der Waals surface area (Å²) in [6.07, 6.45) is 0.249. The summed E-state index contributed by atoms with van der Waals surface area (Å²) in [5, 5.41) is 12.5. The Balaban J connectivity index is 2.26. The normalized spacial score (nSPS) is 12.1. The Hall–Kier alpha value is -2.43. The zero-order valence-corrected chi connectivity index (χ0v) is 11.4. The third kappa shape index (κ3) is 3.32. The topological polar surface area (TPSA) is 79.3 Å². The molecular formula is C15H16N2O3. The van der Waals surface area contributed by atoms with Gasteiger partial charge in [-0.15, -0.1) is 0 Å². The van der Waals surface area contributed by atoms with Crippen LogP contribution in [-0.4, -0.2) is 28.0 Å². The number of pyridine rings is 1. The van der Waals surface area contributed by atoms with Crippen molar-refractivity contribution in [3.8, 4) is 0 Å². The number of aromatic nitrogens is 1. The molecule has 0 fully saturated rings. The van der Waals surface area contributed by atoms with Crippen LogP contribution in [0.25, 0.3) is 10.9 Å². The number of rotatable bonds is 4. The summed E-state index contributed by atoms with van der Waals surface area (Å²) in [6, 6.07) is 8.56. The Kier molecular flexibility index (Phi) is 3.98. The number of nitrogens with zero attached hydrogens (tertiary/aromatic N) is 1. The molecule has 0 unspecified atom stereocenters. The van der Waals surface area contributed by atoms with Crippen LogP contribution in [0.15, 0.2) is 30.3 Å². The van der Waals surface area contributed by atoms with Gasteiger partial charge in [-0.2, -0.15) is 0 Å². The van der Waals surface area contributed by atoms with Crippen molar-refractivity contribution in [3.63, 3.8) is 0 Å². The summed E-state index contributed by atoms with van der Waals surface area (Å²) in [6.45, 7) is 3.23. The fraction of sp³-hybridized carbons (Fsp3) is 0.267. The standard InChI is InChI=1S/C15H16N2O3/c1-9-3-5-12-7-11(4-6-13(12)16-9)8-14(15(19)20)17-10(2)18/h3-7,14H,8H2,1-2H3,(H,17,18)(H,19,20)/t14-/m1/s1. The van der Waals surface area contributed by atoms with Gasteiger partial charge in [-0.3, -0.25) is 9.78 Å². The molecule has 0 aliphatic carbocycles. The number of carboxylic acid groups (broad SMARTS) is 1. The van der Waals surface area contributed by atoms with Gasteiger partial charge in [-0.05, 0) is 30.7 Å². The van der Waals surface area contributed by atoms with Crippen LogP contribution in [0.3, 0.4) is 0 Å². The van der Waals surface area contributed by atoms with Crippen LogP contribution in [0, 0.1) is 6.92 Å². The molecule has 1 atom stereocenters. The fourth-order valence-electron chi connectivity index (χ4n) is 2.09. The average molecular weight is 272 g/mol. The first kappa shape index (κ1) is 14.0. The molecule has 1 aromatic heterocycles. The predicted molar refractivity (Wildman–Crippen MR) is 75.4 cm³/mol. The molecule has 0 saturated heterocycles. The van der Waals surface area contributed by atoms with Gasteiger partial charge in [-0.1, -0.05) is 12.1 Å². The molecule has 1 heterocycles. The molecule has 2 aromatic rings. The highest BCUT2D eigenvalue weighted by atomic mass is 16.4. The minimum Gasteiger partial charge on any atom is -0.480 e. The van der Waals surface area contributed by atoms with E-state index in [1.165, 1.54) is 6.92 Å². The molecule has 1 amide bonds. The number of hydrogen-bond acceptors (Lipinski definition) is 3. The van der Waals surface area contributed by atoms with Gasteiger partial charge in [0, 0.05) is 24.4 Å². The second kappa shape index (κ2) is 5.69. The Morgan fingerprint density at radius 1 is 1.30 bits per heavy atom. The highest BCUT2D eigenvalue weighted by Crippen LogP contribution is 2.16. The number of fused-ring (bicyclic) bond motifs is 1. The molecule has 0 saturated carbocycles. The zero-order chi connectivity index (χ0) is 14.7. The summed E-state index contributed by atoms with van der Waals surface area (Å²) in [5.41, 5.74) is 2.66. The molecule has 0 bridgehead atoms. The van der Waals surface area contributed by atoms with Crippen LogP contribution in [0.4, 0.5) is 0 Å². The lowest BCUT2D eigenvalue weighted by molar-refractivity contribution is -0.141. The van der Waals surface area contributed by atoms with E-state index in [1.807, 2.05) is 37.3 Å². The first-order chi connectivity index (χ1) is 9.45. The van der Waals surface area contributed by atoms with Gasteiger partial charge in [0.25, 0.3) is 0 Å². The summed E-state index contributed by atoms with van der Waals surface area (Å²) in [4.78, 5) is 26.5. The van der Waals surface area contributed by atoms with Gasteiger partial charge in [0.1, 0.15) is 6.04 Å². The van der Waals surface area contributed by atoms with Gasteiger partial charge in [0.15, 0.2) is 0 Å². The molecule has 2 N–H and O–H groups in total. The molecule has 0 spiro atoms. The van der Waals surface area contributed by atoms with E-state index in [2.05, 4.69) is 10.3 Å². The van der Waals surface area contributed by atoms with Crippen LogP contribution in [0.5, 0.6) is 0 Å².